The standard InChI is InChI=1S/C15H22N2/c1-15(2,3)10-7-9-13(16-4)12-14-8-5-6-11-17-14/h5-6,8,11,13,16H,9,12H2,1-4H3. The van der Waals surface area contributed by atoms with E-state index in [1.165, 1.54) is 0 Å². The highest BCUT2D eigenvalue weighted by molar-refractivity contribution is 5.11. The maximum Gasteiger partial charge on any atom is 0.0419 e. The Bertz CT molecular complexity index is 379. The van der Waals surface area contributed by atoms with Crippen LogP contribution in [0.3, 0.4) is 0 Å². The molecule has 1 unspecified atom stereocenters. The molecule has 1 atom stereocenters. The van der Waals surface area contributed by atoms with Crippen molar-refractivity contribution in [3.05, 3.63) is 30.1 Å². The van der Waals surface area contributed by atoms with Crippen molar-refractivity contribution < 1.29 is 0 Å². The Kier molecular flexibility index (Phi) is 5.18. The van der Waals surface area contributed by atoms with Gasteiger partial charge in [-0.05, 0) is 40.0 Å². The van der Waals surface area contributed by atoms with Gasteiger partial charge >= 0.3 is 0 Å². The van der Waals surface area contributed by atoms with Gasteiger partial charge in [0.05, 0.1) is 0 Å². The van der Waals surface area contributed by atoms with Crippen LogP contribution in [0.4, 0.5) is 0 Å². The van der Waals surface area contributed by atoms with E-state index in [1.807, 2.05) is 25.4 Å². The number of rotatable bonds is 4. The normalized spacial score (nSPS) is 12.7. The van der Waals surface area contributed by atoms with E-state index >= 15 is 0 Å². The second kappa shape index (κ2) is 6.42. The van der Waals surface area contributed by atoms with Crippen molar-refractivity contribution in [1.82, 2.24) is 10.3 Å². The van der Waals surface area contributed by atoms with Crippen molar-refractivity contribution in [1.29, 1.82) is 0 Å². The SMILES string of the molecule is CNC(CC#CC(C)(C)C)Cc1ccccn1. The molecule has 1 aromatic heterocycles. The van der Waals surface area contributed by atoms with Gasteiger partial charge in [-0.15, -0.1) is 5.92 Å². The minimum Gasteiger partial charge on any atom is -0.316 e. The highest BCUT2D eigenvalue weighted by Gasteiger charge is 2.07. The van der Waals surface area contributed by atoms with Gasteiger partial charge in [-0.3, -0.25) is 4.98 Å². The van der Waals surface area contributed by atoms with Gasteiger partial charge in [0.25, 0.3) is 0 Å². The molecule has 0 saturated carbocycles. The fraction of sp³-hybridized carbons (Fsp3) is 0.533. The smallest absolute Gasteiger partial charge is 0.0419 e. The van der Waals surface area contributed by atoms with Crippen molar-refractivity contribution >= 4 is 0 Å². The average molecular weight is 230 g/mol. The van der Waals surface area contributed by atoms with E-state index in [2.05, 4.69) is 49.0 Å². The summed E-state index contributed by atoms with van der Waals surface area (Å²) in [6.07, 6.45) is 3.63. The molecule has 0 amide bonds. The summed E-state index contributed by atoms with van der Waals surface area (Å²) in [7, 11) is 1.98. The number of pyridine rings is 1. The molecule has 0 aromatic carbocycles. The van der Waals surface area contributed by atoms with E-state index in [4.69, 9.17) is 0 Å². The molecule has 92 valence electrons. The monoisotopic (exact) mass is 230 g/mol. The first-order chi connectivity index (χ1) is 8.01. The van der Waals surface area contributed by atoms with Crippen LogP contribution in [0.1, 0.15) is 32.9 Å². The topological polar surface area (TPSA) is 24.9 Å². The van der Waals surface area contributed by atoms with Gasteiger partial charge in [-0.2, -0.15) is 0 Å². The molecular formula is C15H22N2. The minimum absolute atomic E-state index is 0.0866. The molecule has 0 aliphatic rings. The lowest BCUT2D eigenvalue weighted by Crippen LogP contribution is -2.27. The van der Waals surface area contributed by atoms with E-state index < -0.39 is 0 Å². The molecule has 1 aromatic rings. The van der Waals surface area contributed by atoms with E-state index in [-0.39, 0.29) is 5.41 Å². The first-order valence-electron chi connectivity index (χ1n) is 6.08. The summed E-state index contributed by atoms with van der Waals surface area (Å²) < 4.78 is 0. The summed E-state index contributed by atoms with van der Waals surface area (Å²) in [5.74, 6) is 6.52. The summed E-state index contributed by atoms with van der Waals surface area (Å²) in [6, 6.07) is 6.40. The molecule has 1 rings (SSSR count). The molecule has 1 heterocycles. The Labute approximate surface area is 105 Å². The number of aromatic nitrogens is 1. The largest absolute Gasteiger partial charge is 0.316 e. The number of hydrogen-bond donors (Lipinski definition) is 1. The maximum absolute atomic E-state index is 4.34. The zero-order valence-corrected chi connectivity index (χ0v) is 11.2. The van der Waals surface area contributed by atoms with Crippen LogP contribution in [0.2, 0.25) is 0 Å². The fourth-order valence-corrected chi connectivity index (χ4v) is 1.49. The Hall–Kier alpha value is -1.33. The third-order valence-electron chi connectivity index (χ3n) is 2.40. The van der Waals surface area contributed by atoms with Crippen LogP contribution in [0, 0.1) is 17.3 Å². The number of likely N-dealkylation sites (N-methyl/N-ethyl adjacent to an activating group) is 1. The van der Waals surface area contributed by atoms with Gasteiger partial charge in [0.2, 0.25) is 0 Å². The molecule has 0 saturated heterocycles. The molecular weight excluding hydrogens is 208 g/mol. The van der Waals surface area contributed by atoms with Gasteiger partial charge < -0.3 is 5.32 Å². The number of hydrogen-bond acceptors (Lipinski definition) is 2. The van der Waals surface area contributed by atoms with Crippen molar-refractivity contribution in [3.8, 4) is 11.8 Å². The fourth-order valence-electron chi connectivity index (χ4n) is 1.49. The van der Waals surface area contributed by atoms with E-state index in [0.29, 0.717) is 6.04 Å². The van der Waals surface area contributed by atoms with Gasteiger partial charge in [0.1, 0.15) is 0 Å². The Morgan fingerprint density at radius 3 is 2.65 bits per heavy atom. The second-order valence-electron chi connectivity index (χ2n) is 5.27. The van der Waals surface area contributed by atoms with E-state index in [1.54, 1.807) is 0 Å². The van der Waals surface area contributed by atoms with Crippen molar-refractivity contribution in [2.24, 2.45) is 5.41 Å². The molecule has 2 heteroatoms. The second-order valence-corrected chi connectivity index (χ2v) is 5.27. The molecule has 0 aliphatic heterocycles. The lowest BCUT2D eigenvalue weighted by molar-refractivity contribution is 0.555. The van der Waals surface area contributed by atoms with E-state index in [9.17, 15) is 0 Å². The average Bonchev–Trinajstić information content (AvgIpc) is 2.27. The lowest BCUT2D eigenvalue weighted by Gasteiger charge is -2.13. The van der Waals surface area contributed by atoms with Crippen LogP contribution in [0.15, 0.2) is 24.4 Å². The summed E-state index contributed by atoms with van der Waals surface area (Å²) in [5, 5.41) is 3.29. The molecule has 0 bridgehead atoms. The summed E-state index contributed by atoms with van der Waals surface area (Å²) >= 11 is 0. The Morgan fingerprint density at radius 1 is 1.35 bits per heavy atom. The Morgan fingerprint density at radius 2 is 2.12 bits per heavy atom. The van der Waals surface area contributed by atoms with Gasteiger partial charge in [-0.1, -0.05) is 12.0 Å². The van der Waals surface area contributed by atoms with Crippen LogP contribution in [-0.2, 0) is 6.42 Å². The summed E-state index contributed by atoms with van der Waals surface area (Å²) in [6.45, 7) is 6.40. The van der Waals surface area contributed by atoms with Crippen LogP contribution in [0.25, 0.3) is 0 Å². The molecule has 1 N–H and O–H groups in total. The zero-order chi connectivity index (χ0) is 12.7. The molecule has 0 radical (unpaired) electrons. The first-order valence-corrected chi connectivity index (χ1v) is 6.08. The molecule has 0 aliphatic carbocycles. The van der Waals surface area contributed by atoms with Crippen molar-refractivity contribution in [2.45, 2.75) is 39.7 Å². The van der Waals surface area contributed by atoms with Crippen LogP contribution < -0.4 is 5.32 Å². The molecule has 0 spiro atoms. The molecule has 17 heavy (non-hydrogen) atoms. The third kappa shape index (κ3) is 6.09. The quantitative estimate of drug-likeness (QED) is 0.804. The predicted octanol–water partition coefficient (Wildman–Crippen LogP) is 2.65. The number of nitrogens with one attached hydrogen (secondary N) is 1. The first kappa shape index (κ1) is 13.7. The number of nitrogens with zero attached hydrogens (tertiary/aromatic N) is 1. The van der Waals surface area contributed by atoms with Crippen LogP contribution >= 0.6 is 0 Å². The highest BCUT2D eigenvalue weighted by atomic mass is 14.9. The summed E-state index contributed by atoms with van der Waals surface area (Å²) in [4.78, 5) is 4.34. The zero-order valence-electron chi connectivity index (χ0n) is 11.2. The highest BCUT2D eigenvalue weighted by Crippen LogP contribution is 2.10. The summed E-state index contributed by atoms with van der Waals surface area (Å²) in [5.41, 5.74) is 1.20. The molecule has 0 fully saturated rings. The maximum atomic E-state index is 4.34. The van der Waals surface area contributed by atoms with Gasteiger partial charge in [0.15, 0.2) is 0 Å². The lowest BCUT2D eigenvalue weighted by atomic mass is 9.97. The van der Waals surface area contributed by atoms with Crippen molar-refractivity contribution in [2.75, 3.05) is 7.05 Å². The van der Waals surface area contributed by atoms with E-state index in [0.717, 1.165) is 18.5 Å². The van der Waals surface area contributed by atoms with Crippen LogP contribution in [0.5, 0.6) is 0 Å². The van der Waals surface area contributed by atoms with Crippen molar-refractivity contribution in [3.63, 3.8) is 0 Å². The van der Waals surface area contributed by atoms with Crippen LogP contribution in [-0.4, -0.2) is 18.1 Å². The minimum atomic E-state index is 0.0866. The molecule has 2 nitrogen and oxygen atoms in total. The third-order valence-corrected chi connectivity index (χ3v) is 2.40. The Balaban J connectivity index is 2.52. The van der Waals surface area contributed by atoms with Gasteiger partial charge in [-0.25, -0.2) is 0 Å². The predicted molar refractivity (Wildman–Crippen MR) is 72.6 cm³/mol. The van der Waals surface area contributed by atoms with Gasteiger partial charge in [0, 0.05) is 36.2 Å².